The second-order valence-corrected chi connectivity index (χ2v) is 8.27. The van der Waals surface area contributed by atoms with Crippen molar-refractivity contribution in [2.45, 2.75) is 61.4 Å². The predicted molar refractivity (Wildman–Crippen MR) is 97.9 cm³/mol. The van der Waals surface area contributed by atoms with Crippen molar-refractivity contribution < 1.29 is 31.1 Å². The number of hydrogen-bond acceptors (Lipinski definition) is 3. The molecule has 1 aromatic carbocycles. The number of carbonyl (C=O) groups is 1. The van der Waals surface area contributed by atoms with E-state index in [9.17, 15) is 31.1 Å². The summed E-state index contributed by atoms with van der Waals surface area (Å²) in [6.07, 6.45) is -4.23. The zero-order chi connectivity index (χ0) is 21.4. The van der Waals surface area contributed by atoms with Crippen molar-refractivity contribution in [2.75, 3.05) is 19.3 Å². The van der Waals surface area contributed by atoms with Gasteiger partial charge in [-0.1, -0.05) is 0 Å². The molecule has 1 saturated heterocycles. The van der Waals surface area contributed by atoms with Gasteiger partial charge in [-0.15, -0.1) is 11.8 Å². The summed E-state index contributed by atoms with van der Waals surface area (Å²) in [5.41, 5.74) is -3.70. The van der Waals surface area contributed by atoms with E-state index in [4.69, 9.17) is 0 Å². The van der Waals surface area contributed by atoms with Crippen molar-refractivity contribution in [1.82, 2.24) is 10.2 Å². The van der Waals surface area contributed by atoms with E-state index in [1.165, 1.54) is 6.26 Å². The van der Waals surface area contributed by atoms with E-state index < -0.39 is 35.0 Å². The SMILES string of the molecule is CSc1cc(C(F)(F)F)cc(C(F)(F)F)c1C(=O)N[C@@H]1CCC[C@@H]1N1CCCC1. The lowest BCUT2D eigenvalue weighted by Gasteiger charge is -2.30. The maximum atomic E-state index is 13.6. The van der Waals surface area contributed by atoms with Crippen LogP contribution in [0.25, 0.3) is 0 Å². The Morgan fingerprint density at radius 2 is 1.69 bits per heavy atom. The standard InChI is InChI=1S/C19H22F6N2OS/c1-29-15-10-11(18(20,21)22)9-12(19(23,24)25)16(15)17(28)26-13-5-4-6-14(13)27-7-2-3-8-27/h9-10,13-14H,2-8H2,1H3,(H,26,28)/t13-,14+/m1/s1. The molecule has 1 amide bonds. The summed E-state index contributed by atoms with van der Waals surface area (Å²) < 4.78 is 79.9. The largest absolute Gasteiger partial charge is 0.417 e. The van der Waals surface area contributed by atoms with Crippen LogP contribution in [0.3, 0.4) is 0 Å². The Balaban J connectivity index is 1.94. The average molecular weight is 440 g/mol. The monoisotopic (exact) mass is 440 g/mol. The molecule has 2 aliphatic rings. The molecule has 1 aliphatic carbocycles. The lowest BCUT2D eigenvalue weighted by atomic mass is 10.0. The van der Waals surface area contributed by atoms with E-state index in [1.54, 1.807) is 0 Å². The second kappa shape index (κ2) is 8.37. The van der Waals surface area contributed by atoms with Gasteiger partial charge < -0.3 is 5.32 Å². The number of nitrogens with one attached hydrogen (secondary N) is 1. The van der Waals surface area contributed by atoms with Gasteiger partial charge in [0.15, 0.2) is 0 Å². The van der Waals surface area contributed by atoms with Crippen molar-refractivity contribution in [3.63, 3.8) is 0 Å². The van der Waals surface area contributed by atoms with Crippen molar-refractivity contribution >= 4 is 17.7 Å². The summed E-state index contributed by atoms with van der Waals surface area (Å²) >= 11 is 0.697. The number of carbonyl (C=O) groups excluding carboxylic acids is 1. The number of hydrogen-bond donors (Lipinski definition) is 1. The Hall–Kier alpha value is -1.42. The summed E-state index contributed by atoms with van der Waals surface area (Å²) in [4.78, 5) is 14.8. The number of likely N-dealkylation sites (tertiary alicyclic amines) is 1. The summed E-state index contributed by atoms with van der Waals surface area (Å²) in [7, 11) is 0. The lowest BCUT2D eigenvalue weighted by molar-refractivity contribution is -0.143. The summed E-state index contributed by atoms with van der Waals surface area (Å²) in [5.74, 6) is -0.966. The molecule has 10 heteroatoms. The maximum absolute atomic E-state index is 13.6. The van der Waals surface area contributed by atoms with Crippen LogP contribution in [0, 0.1) is 0 Å². The van der Waals surface area contributed by atoms with E-state index in [0.717, 1.165) is 38.8 Å². The first-order valence-electron chi connectivity index (χ1n) is 9.43. The van der Waals surface area contributed by atoms with Gasteiger partial charge in [-0.25, -0.2) is 0 Å². The Labute approximate surface area is 169 Å². The molecular weight excluding hydrogens is 418 g/mol. The minimum atomic E-state index is -5.08. The normalized spacial score (nSPS) is 23.6. The molecule has 2 fully saturated rings. The zero-order valence-corrected chi connectivity index (χ0v) is 16.6. The van der Waals surface area contributed by atoms with Crippen molar-refractivity contribution in [1.29, 1.82) is 0 Å². The van der Waals surface area contributed by atoms with Crippen molar-refractivity contribution in [3.05, 3.63) is 28.8 Å². The predicted octanol–water partition coefficient (Wildman–Crippen LogP) is 5.19. The number of alkyl halides is 6. The fraction of sp³-hybridized carbons (Fsp3) is 0.632. The van der Waals surface area contributed by atoms with E-state index >= 15 is 0 Å². The van der Waals surface area contributed by atoms with Crippen LogP contribution < -0.4 is 5.32 Å². The molecule has 0 unspecified atom stereocenters. The van der Waals surface area contributed by atoms with E-state index in [0.29, 0.717) is 24.2 Å². The Kier molecular flexibility index (Phi) is 6.43. The lowest BCUT2D eigenvalue weighted by Crippen LogP contribution is -2.48. The molecule has 1 saturated carbocycles. The molecule has 0 spiro atoms. The van der Waals surface area contributed by atoms with Crippen LogP contribution in [0.5, 0.6) is 0 Å². The highest BCUT2D eigenvalue weighted by Crippen LogP contribution is 2.41. The first-order chi connectivity index (χ1) is 13.5. The molecule has 3 nitrogen and oxygen atoms in total. The second-order valence-electron chi connectivity index (χ2n) is 7.42. The van der Waals surface area contributed by atoms with Crippen LogP contribution in [0.15, 0.2) is 17.0 Å². The van der Waals surface area contributed by atoms with Gasteiger partial charge in [0.2, 0.25) is 0 Å². The summed E-state index contributed by atoms with van der Waals surface area (Å²) in [6, 6.07) is 0.393. The van der Waals surface area contributed by atoms with Gasteiger partial charge in [-0.2, -0.15) is 26.3 Å². The quantitative estimate of drug-likeness (QED) is 0.517. The van der Waals surface area contributed by atoms with Crippen LogP contribution in [0.2, 0.25) is 0 Å². The third kappa shape index (κ3) is 4.84. The number of halogens is 6. The van der Waals surface area contributed by atoms with Gasteiger partial charge in [0.05, 0.1) is 16.7 Å². The average Bonchev–Trinajstić information content (AvgIpc) is 3.30. The maximum Gasteiger partial charge on any atom is 0.417 e. The van der Waals surface area contributed by atoms with Crippen LogP contribution >= 0.6 is 11.8 Å². The van der Waals surface area contributed by atoms with Gasteiger partial charge in [-0.3, -0.25) is 9.69 Å². The third-order valence-corrected chi connectivity index (χ3v) is 6.35. The van der Waals surface area contributed by atoms with Crippen molar-refractivity contribution in [3.8, 4) is 0 Å². The molecule has 1 heterocycles. The molecule has 3 rings (SSSR count). The van der Waals surface area contributed by atoms with Gasteiger partial charge in [0.1, 0.15) is 0 Å². The molecule has 162 valence electrons. The van der Waals surface area contributed by atoms with Crippen LogP contribution in [-0.4, -0.2) is 42.2 Å². The van der Waals surface area contributed by atoms with Gasteiger partial charge in [0.25, 0.3) is 5.91 Å². The van der Waals surface area contributed by atoms with Crippen LogP contribution in [0.1, 0.15) is 53.6 Å². The minimum Gasteiger partial charge on any atom is -0.348 e. The molecule has 0 bridgehead atoms. The molecule has 29 heavy (non-hydrogen) atoms. The zero-order valence-electron chi connectivity index (χ0n) is 15.8. The number of rotatable bonds is 4. The molecule has 2 atom stereocenters. The fourth-order valence-corrected chi connectivity index (χ4v) is 4.91. The van der Waals surface area contributed by atoms with Gasteiger partial charge in [0, 0.05) is 17.0 Å². The highest BCUT2D eigenvalue weighted by Gasteiger charge is 2.42. The number of nitrogens with zero attached hydrogens (tertiary/aromatic N) is 1. The highest BCUT2D eigenvalue weighted by molar-refractivity contribution is 7.98. The molecule has 1 N–H and O–H groups in total. The molecule has 0 radical (unpaired) electrons. The van der Waals surface area contributed by atoms with Crippen molar-refractivity contribution in [2.24, 2.45) is 0 Å². The van der Waals surface area contributed by atoms with Gasteiger partial charge >= 0.3 is 12.4 Å². The highest BCUT2D eigenvalue weighted by atomic mass is 32.2. The smallest absolute Gasteiger partial charge is 0.348 e. The summed E-state index contributed by atoms with van der Waals surface area (Å²) in [5, 5.41) is 2.69. The number of benzene rings is 1. The molecule has 1 aliphatic heterocycles. The van der Waals surface area contributed by atoms with E-state index in [-0.39, 0.29) is 23.0 Å². The van der Waals surface area contributed by atoms with Crippen LogP contribution in [0.4, 0.5) is 26.3 Å². The van der Waals surface area contributed by atoms with Gasteiger partial charge in [-0.05, 0) is 63.6 Å². The molecule has 1 aromatic rings. The molecule has 0 aromatic heterocycles. The Bertz CT molecular complexity index is 758. The first kappa shape index (κ1) is 22.3. The minimum absolute atomic E-state index is 0.0290. The van der Waals surface area contributed by atoms with Crippen LogP contribution in [-0.2, 0) is 12.4 Å². The van der Waals surface area contributed by atoms with E-state index in [2.05, 4.69) is 10.2 Å². The van der Waals surface area contributed by atoms with E-state index in [1.807, 2.05) is 0 Å². The number of thioether (sulfide) groups is 1. The Morgan fingerprint density at radius 3 is 2.24 bits per heavy atom. The fourth-order valence-electron chi connectivity index (χ4n) is 4.26. The first-order valence-corrected chi connectivity index (χ1v) is 10.7. The Morgan fingerprint density at radius 1 is 1.03 bits per heavy atom. The topological polar surface area (TPSA) is 32.3 Å². The number of amides is 1. The third-order valence-electron chi connectivity index (χ3n) is 5.59. The summed E-state index contributed by atoms with van der Waals surface area (Å²) in [6.45, 7) is 1.78. The molecular formula is C19H22F6N2OS.